The van der Waals surface area contributed by atoms with Gasteiger partial charge in [0, 0.05) is 17.5 Å². The first-order chi connectivity index (χ1) is 10.1. The Balaban J connectivity index is 2.90. The monoisotopic (exact) mass is 288 g/mol. The second-order valence-electron chi connectivity index (χ2n) is 5.06. The van der Waals surface area contributed by atoms with Gasteiger partial charge in [0.2, 0.25) is 0 Å². The van der Waals surface area contributed by atoms with E-state index in [1.807, 2.05) is 33.0 Å². The van der Waals surface area contributed by atoms with Gasteiger partial charge in [0.1, 0.15) is 6.34 Å². The molecule has 0 aliphatic heterocycles. The molecule has 0 saturated carbocycles. The molecule has 0 aliphatic rings. The fourth-order valence-corrected chi connectivity index (χ4v) is 2.07. The standard InChI is InChI=1S/C16H24N4O/c1-5-6-18-11-19-13(3)15-8-14(10-21)16(20-15)7-12(2)9-17-4/h5-6,8,10-12,17,20H,7,9H2,1-4H3/b6-5-,18-11-,19-13+. The molecular weight excluding hydrogens is 264 g/mol. The first-order valence-corrected chi connectivity index (χ1v) is 7.11. The molecule has 1 unspecified atom stereocenters. The molecule has 0 radical (unpaired) electrons. The van der Waals surface area contributed by atoms with E-state index < -0.39 is 0 Å². The number of aromatic nitrogens is 1. The van der Waals surface area contributed by atoms with Crippen LogP contribution in [0.5, 0.6) is 0 Å². The van der Waals surface area contributed by atoms with Crippen LogP contribution in [-0.4, -0.2) is 36.9 Å². The number of rotatable bonds is 8. The van der Waals surface area contributed by atoms with Crippen LogP contribution in [0.1, 0.15) is 42.5 Å². The number of allylic oxidation sites excluding steroid dienone is 1. The highest BCUT2D eigenvalue weighted by atomic mass is 16.1. The summed E-state index contributed by atoms with van der Waals surface area (Å²) in [5.74, 6) is 0.452. The molecule has 5 nitrogen and oxygen atoms in total. The third-order valence-corrected chi connectivity index (χ3v) is 3.11. The van der Waals surface area contributed by atoms with Gasteiger partial charge >= 0.3 is 0 Å². The van der Waals surface area contributed by atoms with Crippen molar-refractivity contribution in [2.24, 2.45) is 15.9 Å². The molecule has 1 aromatic rings. The molecule has 0 saturated heterocycles. The zero-order chi connectivity index (χ0) is 15.7. The van der Waals surface area contributed by atoms with E-state index in [4.69, 9.17) is 0 Å². The summed E-state index contributed by atoms with van der Waals surface area (Å²) in [5.41, 5.74) is 3.32. The molecule has 1 heterocycles. The fraction of sp³-hybridized carbons (Fsp3) is 0.438. The Morgan fingerprint density at radius 1 is 1.52 bits per heavy atom. The molecule has 0 aliphatic carbocycles. The van der Waals surface area contributed by atoms with Gasteiger partial charge in [0.05, 0.1) is 11.4 Å². The molecular formula is C16H24N4O. The maximum absolute atomic E-state index is 11.2. The van der Waals surface area contributed by atoms with Crippen molar-refractivity contribution in [1.82, 2.24) is 10.3 Å². The van der Waals surface area contributed by atoms with Gasteiger partial charge in [-0.1, -0.05) is 13.0 Å². The number of hydrogen-bond acceptors (Lipinski definition) is 3. The van der Waals surface area contributed by atoms with Crippen LogP contribution in [-0.2, 0) is 6.42 Å². The van der Waals surface area contributed by atoms with E-state index in [0.717, 1.165) is 36.4 Å². The van der Waals surface area contributed by atoms with Crippen molar-refractivity contribution in [2.75, 3.05) is 13.6 Å². The summed E-state index contributed by atoms with van der Waals surface area (Å²) in [7, 11) is 1.93. The van der Waals surface area contributed by atoms with Crippen molar-refractivity contribution < 1.29 is 4.79 Å². The quantitative estimate of drug-likeness (QED) is 0.438. The number of nitrogens with one attached hydrogen (secondary N) is 2. The number of aliphatic imine (C=N–C) groups is 2. The molecule has 21 heavy (non-hydrogen) atoms. The number of carbonyl (C=O) groups excluding carboxylic acids is 1. The lowest BCUT2D eigenvalue weighted by Crippen LogP contribution is -2.18. The number of hydrogen-bond donors (Lipinski definition) is 2. The second-order valence-corrected chi connectivity index (χ2v) is 5.06. The van der Waals surface area contributed by atoms with E-state index in [2.05, 4.69) is 27.2 Å². The Bertz CT molecular complexity index is 540. The van der Waals surface area contributed by atoms with E-state index in [1.165, 1.54) is 6.34 Å². The summed E-state index contributed by atoms with van der Waals surface area (Å²) in [6.07, 6.45) is 6.73. The van der Waals surface area contributed by atoms with E-state index >= 15 is 0 Å². The molecule has 0 spiro atoms. The maximum Gasteiger partial charge on any atom is 0.151 e. The van der Waals surface area contributed by atoms with Crippen LogP contribution >= 0.6 is 0 Å². The average molecular weight is 288 g/mol. The van der Waals surface area contributed by atoms with Crippen molar-refractivity contribution >= 4 is 18.3 Å². The molecule has 1 atom stereocenters. The van der Waals surface area contributed by atoms with Crippen molar-refractivity contribution in [2.45, 2.75) is 27.2 Å². The van der Waals surface area contributed by atoms with Crippen LogP contribution in [0.2, 0.25) is 0 Å². The van der Waals surface area contributed by atoms with Gasteiger partial charge in [0.25, 0.3) is 0 Å². The van der Waals surface area contributed by atoms with E-state index in [0.29, 0.717) is 11.5 Å². The first-order valence-electron chi connectivity index (χ1n) is 7.11. The summed E-state index contributed by atoms with van der Waals surface area (Å²) in [6.45, 7) is 6.85. The van der Waals surface area contributed by atoms with Crippen LogP contribution < -0.4 is 5.32 Å². The topological polar surface area (TPSA) is 69.6 Å². The molecule has 0 amide bonds. The zero-order valence-electron chi connectivity index (χ0n) is 13.2. The fourth-order valence-electron chi connectivity index (χ4n) is 2.07. The first kappa shape index (κ1) is 17.0. The maximum atomic E-state index is 11.2. The van der Waals surface area contributed by atoms with Gasteiger partial charge in [-0.25, -0.2) is 9.98 Å². The van der Waals surface area contributed by atoms with E-state index in [-0.39, 0.29) is 0 Å². The largest absolute Gasteiger partial charge is 0.357 e. The van der Waals surface area contributed by atoms with Gasteiger partial charge in [-0.2, -0.15) is 0 Å². The van der Waals surface area contributed by atoms with E-state index in [9.17, 15) is 4.79 Å². The van der Waals surface area contributed by atoms with Crippen molar-refractivity contribution in [3.63, 3.8) is 0 Å². The third-order valence-electron chi connectivity index (χ3n) is 3.11. The third kappa shape index (κ3) is 5.47. The van der Waals surface area contributed by atoms with Crippen molar-refractivity contribution in [3.05, 3.63) is 35.3 Å². The Morgan fingerprint density at radius 2 is 2.29 bits per heavy atom. The molecule has 1 rings (SSSR count). The Hall–Kier alpha value is -2.01. The molecule has 0 bridgehead atoms. The summed E-state index contributed by atoms with van der Waals surface area (Å²) < 4.78 is 0. The molecule has 0 aromatic carbocycles. The van der Waals surface area contributed by atoms with Gasteiger partial charge in [-0.05, 0) is 45.8 Å². The molecule has 0 fully saturated rings. The highest BCUT2D eigenvalue weighted by Gasteiger charge is 2.12. The smallest absolute Gasteiger partial charge is 0.151 e. The molecule has 2 N–H and O–H groups in total. The number of aromatic amines is 1. The van der Waals surface area contributed by atoms with Gasteiger partial charge in [-0.3, -0.25) is 4.79 Å². The minimum atomic E-state index is 0.452. The molecule has 1 aromatic heterocycles. The van der Waals surface area contributed by atoms with E-state index in [1.54, 1.807) is 6.20 Å². The summed E-state index contributed by atoms with van der Waals surface area (Å²) >= 11 is 0. The van der Waals surface area contributed by atoms with Gasteiger partial charge < -0.3 is 10.3 Å². The number of carbonyl (C=O) groups is 1. The molecule has 5 heteroatoms. The average Bonchev–Trinajstić information content (AvgIpc) is 2.86. The Morgan fingerprint density at radius 3 is 2.90 bits per heavy atom. The minimum Gasteiger partial charge on any atom is -0.357 e. The number of aldehydes is 1. The van der Waals surface area contributed by atoms with Crippen LogP contribution in [0.15, 0.2) is 28.3 Å². The number of nitrogens with zero attached hydrogens (tertiary/aromatic N) is 2. The minimum absolute atomic E-state index is 0.452. The lowest BCUT2D eigenvalue weighted by atomic mass is 10.0. The predicted octanol–water partition coefficient (Wildman–Crippen LogP) is 2.60. The van der Waals surface area contributed by atoms with Crippen LogP contribution in [0, 0.1) is 5.92 Å². The van der Waals surface area contributed by atoms with Gasteiger partial charge in [-0.15, -0.1) is 0 Å². The summed E-state index contributed by atoms with van der Waals surface area (Å²) in [4.78, 5) is 22.7. The highest BCUT2D eigenvalue weighted by molar-refractivity contribution is 6.02. The zero-order valence-corrected chi connectivity index (χ0v) is 13.2. The summed E-state index contributed by atoms with van der Waals surface area (Å²) in [5, 5.41) is 3.14. The van der Waals surface area contributed by atoms with Crippen LogP contribution in [0.3, 0.4) is 0 Å². The van der Waals surface area contributed by atoms with Crippen LogP contribution in [0.4, 0.5) is 0 Å². The van der Waals surface area contributed by atoms with Crippen molar-refractivity contribution in [3.8, 4) is 0 Å². The lowest BCUT2D eigenvalue weighted by Gasteiger charge is -2.09. The predicted molar refractivity (Wildman–Crippen MR) is 88.5 cm³/mol. The molecule has 114 valence electrons. The normalized spacial score (nSPS) is 14.2. The van der Waals surface area contributed by atoms with Gasteiger partial charge in [0.15, 0.2) is 6.29 Å². The highest BCUT2D eigenvalue weighted by Crippen LogP contribution is 2.14. The second kappa shape index (κ2) is 9.02. The number of H-pyrrole nitrogens is 1. The van der Waals surface area contributed by atoms with Crippen LogP contribution in [0.25, 0.3) is 0 Å². The SMILES string of the molecule is C\C=C/N=C\N=C(/C)c1cc(C=O)c(CC(C)CNC)[nH]1. The lowest BCUT2D eigenvalue weighted by molar-refractivity contribution is 0.112. The summed E-state index contributed by atoms with van der Waals surface area (Å²) in [6, 6.07) is 1.84. The Labute approximate surface area is 126 Å². The Kier molecular flexibility index (Phi) is 7.32. The van der Waals surface area contributed by atoms with Crippen molar-refractivity contribution in [1.29, 1.82) is 0 Å².